The van der Waals surface area contributed by atoms with Gasteiger partial charge in [-0.3, -0.25) is 0 Å². The van der Waals surface area contributed by atoms with Gasteiger partial charge in [-0.05, 0) is 73.3 Å². The van der Waals surface area contributed by atoms with E-state index in [2.05, 4.69) is 81.6 Å². The van der Waals surface area contributed by atoms with Crippen molar-refractivity contribution in [3.63, 3.8) is 0 Å². The first-order valence-electron chi connectivity index (χ1n) is 8.29. The molecular weight excluding hydrogens is 315 g/mol. The fourth-order valence-corrected chi connectivity index (χ4v) is 3.73. The zero-order valence-corrected chi connectivity index (χ0v) is 15.3. The minimum absolute atomic E-state index is 0.302. The molecule has 1 aliphatic heterocycles. The van der Waals surface area contributed by atoms with Crippen molar-refractivity contribution < 1.29 is 9.31 Å². The molecule has 1 aliphatic rings. The highest BCUT2D eigenvalue weighted by Crippen LogP contribution is 2.36. The molecule has 3 aromatic rings. The summed E-state index contributed by atoms with van der Waals surface area (Å²) in [6, 6.07) is 17.3. The van der Waals surface area contributed by atoms with Crippen molar-refractivity contribution in [2.45, 2.75) is 38.9 Å². The molecule has 24 heavy (non-hydrogen) atoms. The smallest absolute Gasteiger partial charge is 0.399 e. The summed E-state index contributed by atoms with van der Waals surface area (Å²) in [5.74, 6) is 0. The number of hydrogen-bond acceptors (Lipinski definition) is 3. The van der Waals surface area contributed by atoms with E-state index in [1.54, 1.807) is 11.3 Å². The van der Waals surface area contributed by atoms with Crippen molar-refractivity contribution >= 4 is 34.0 Å². The summed E-state index contributed by atoms with van der Waals surface area (Å²) >= 11 is 1.78. The summed E-state index contributed by atoms with van der Waals surface area (Å²) in [5.41, 5.74) is 2.90. The summed E-state index contributed by atoms with van der Waals surface area (Å²) < 4.78 is 13.6. The average molecular weight is 336 g/mol. The standard InChI is InChI=1S/C20H21BO2S/c1-19(2)20(3,4)23-21(22-19)17-8-5-14(6-9-17)15-7-10-18-16(13-15)11-12-24-18/h5-13H,1-4H3. The molecule has 0 bridgehead atoms. The van der Waals surface area contributed by atoms with E-state index in [-0.39, 0.29) is 18.3 Å². The maximum absolute atomic E-state index is 6.12. The second-order valence-electron chi connectivity index (χ2n) is 7.38. The van der Waals surface area contributed by atoms with Crippen LogP contribution in [0, 0.1) is 0 Å². The van der Waals surface area contributed by atoms with E-state index in [4.69, 9.17) is 9.31 Å². The lowest BCUT2D eigenvalue weighted by molar-refractivity contribution is 0.00578. The third-order valence-electron chi connectivity index (χ3n) is 5.22. The molecule has 2 nitrogen and oxygen atoms in total. The molecule has 1 aromatic heterocycles. The van der Waals surface area contributed by atoms with Crippen LogP contribution in [0.4, 0.5) is 0 Å². The summed E-state index contributed by atoms with van der Waals surface area (Å²) in [6.45, 7) is 8.32. The topological polar surface area (TPSA) is 18.5 Å². The van der Waals surface area contributed by atoms with Crippen molar-refractivity contribution in [2.24, 2.45) is 0 Å². The van der Waals surface area contributed by atoms with Crippen LogP contribution < -0.4 is 5.46 Å². The Bertz CT molecular complexity index is 864. The van der Waals surface area contributed by atoms with Crippen molar-refractivity contribution in [3.8, 4) is 11.1 Å². The molecule has 0 N–H and O–H groups in total. The lowest BCUT2D eigenvalue weighted by Crippen LogP contribution is -2.41. The normalized spacial score (nSPS) is 19.1. The first-order chi connectivity index (χ1) is 11.4. The Hall–Kier alpha value is -1.62. The van der Waals surface area contributed by atoms with Crippen LogP contribution in [-0.2, 0) is 9.31 Å². The van der Waals surface area contributed by atoms with Gasteiger partial charge in [-0.15, -0.1) is 11.3 Å². The Kier molecular flexibility index (Phi) is 3.61. The first-order valence-corrected chi connectivity index (χ1v) is 9.17. The summed E-state index contributed by atoms with van der Waals surface area (Å²) in [6.07, 6.45) is 0. The van der Waals surface area contributed by atoms with Crippen LogP contribution in [-0.4, -0.2) is 18.3 Å². The molecule has 0 radical (unpaired) electrons. The first kappa shape index (κ1) is 15.9. The molecule has 1 saturated heterocycles. The Morgan fingerprint density at radius 2 is 1.42 bits per heavy atom. The third-order valence-corrected chi connectivity index (χ3v) is 6.12. The molecule has 2 heterocycles. The second-order valence-corrected chi connectivity index (χ2v) is 8.33. The van der Waals surface area contributed by atoms with Crippen LogP contribution >= 0.6 is 11.3 Å². The summed E-state index contributed by atoms with van der Waals surface area (Å²) in [5, 5.41) is 3.43. The van der Waals surface area contributed by atoms with Gasteiger partial charge in [-0.1, -0.05) is 30.3 Å². The van der Waals surface area contributed by atoms with Gasteiger partial charge < -0.3 is 9.31 Å². The van der Waals surface area contributed by atoms with Crippen molar-refractivity contribution in [1.82, 2.24) is 0 Å². The third kappa shape index (κ3) is 2.59. The van der Waals surface area contributed by atoms with Gasteiger partial charge >= 0.3 is 7.12 Å². The summed E-state index contributed by atoms with van der Waals surface area (Å²) in [7, 11) is -0.302. The van der Waals surface area contributed by atoms with Crippen molar-refractivity contribution in [3.05, 3.63) is 53.9 Å². The molecule has 0 unspecified atom stereocenters. The largest absolute Gasteiger partial charge is 0.494 e. The predicted molar refractivity (Wildman–Crippen MR) is 103 cm³/mol. The van der Waals surface area contributed by atoms with Crippen LogP contribution in [0.1, 0.15) is 27.7 Å². The van der Waals surface area contributed by atoms with Crippen LogP contribution in [0.15, 0.2) is 53.9 Å². The number of fused-ring (bicyclic) bond motifs is 1. The molecule has 0 spiro atoms. The number of rotatable bonds is 2. The van der Waals surface area contributed by atoms with Crippen molar-refractivity contribution in [1.29, 1.82) is 0 Å². The number of hydrogen-bond donors (Lipinski definition) is 0. The van der Waals surface area contributed by atoms with Gasteiger partial charge in [0, 0.05) is 4.70 Å². The van der Waals surface area contributed by atoms with Gasteiger partial charge in [0.2, 0.25) is 0 Å². The zero-order chi connectivity index (χ0) is 16.9. The van der Waals surface area contributed by atoms with Crippen LogP contribution in [0.3, 0.4) is 0 Å². The summed E-state index contributed by atoms with van der Waals surface area (Å²) in [4.78, 5) is 0. The highest BCUT2D eigenvalue weighted by molar-refractivity contribution is 7.17. The van der Waals surface area contributed by atoms with E-state index in [0.29, 0.717) is 0 Å². The highest BCUT2D eigenvalue weighted by atomic mass is 32.1. The quantitative estimate of drug-likeness (QED) is 0.622. The zero-order valence-electron chi connectivity index (χ0n) is 14.5. The predicted octanol–water partition coefficient (Wildman–Crippen LogP) is 4.87. The van der Waals surface area contributed by atoms with Crippen LogP contribution in [0.25, 0.3) is 21.2 Å². The fourth-order valence-electron chi connectivity index (χ4n) is 2.96. The minimum Gasteiger partial charge on any atom is -0.399 e. The van der Waals surface area contributed by atoms with E-state index in [1.807, 2.05) is 0 Å². The van der Waals surface area contributed by atoms with Gasteiger partial charge in [0.05, 0.1) is 11.2 Å². The van der Waals surface area contributed by atoms with Gasteiger partial charge in [0.25, 0.3) is 0 Å². The van der Waals surface area contributed by atoms with E-state index in [9.17, 15) is 0 Å². The Labute approximate surface area is 147 Å². The Morgan fingerprint density at radius 3 is 2.08 bits per heavy atom. The fraction of sp³-hybridized carbons (Fsp3) is 0.300. The molecular formula is C20H21BO2S. The lowest BCUT2D eigenvalue weighted by atomic mass is 9.78. The molecule has 0 aliphatic carbocycles. The molecule has 0 amide bonds. The average Bonchev–Trinajstić information content (AvgIpc) is 3.09. The minimum atomic E-state index is -0.305. The maximum Gasteiger partial charge on any atom is 0.494 e. The molecule has 2 aromatic carbocycles. The van der Waals surface area contributed by atoms with Gasteiger partial charge in [0.15, 0.2) is 0 Å². The monoisotopic (exact) mass is 336 g/mol. The van der Waals surface area contributed by atoms with Gasteiger partial charge in [-0.25, -0.2) is 0 Å². The molecule has 0 saturated carbocycles. The lowest BCUT2D eigenvalue weighted by Gasteiger charge is -2.32. The number of thiophene rings is 1. The maximum atomic E-state index is 6.12. The molecule has 122 valence electrons. The van der Waals surface area contributed by atoms with E-state index >= 15 is 0 Å². The molecule has 1 fully saturated rings. The van der Waals surface area contributed by atoms with Gasteiger partial charge in [0.1, 0.15) is 0 Å². The Morgan fingerprint density at radius 1 is 0.792 bits per heavy atom. The molecule has 0 atom stereocenters. The van der Waals surface area contributed by atoms with E-state index in [1.165, 1.54) is 21.2 Å². The van der Waals surface area contributed by atoms with E-state index < -0.39 is 0 Å². The Balaban J connectivity index is 1.61. The molecule has 4 rings (SSSR count). The van der Waals surface area contributed by atoms with Crippen LogP contribution in [0.2, 0.25) is 0 Å². The number of benzene rings is 2. The van der Waals surface area contributed by atoms with E-state index in [0.717, 1.165) is 5.46 Å². The SMILES string of the molecule is CC1(C)OB(c2ccc(-c3ccc4sccc4c3)cc2)OC1(C)C. The van der Waals surface area contributed by atoms with Crippen LogP contribution in [0.5, 0.6) is 0 Å². The highest BCUT2D eigenvalue weighted by Gasteiger charge is 2.51. The van der Waals surface area contributed by atoms with Crippen molar-refractivity contribution in [2.75, 3.05) is 0 Å². The van der Waals surface area contributed by atoms with Gasteiger partial charge in [-0.2, -0.15) is 0 Å². The molecule has 4 heteroatoms. The second kappa shape index (κ2) is 5.45.